The van der Waals surface area contributed by atoms with Gasteiger partial charge in [0.2, 0.25) is 0 Å². The van der Waals surface area contributed by atoms with Crippen molar-refractivity contribution in [2.45, 2.75) is 4.90 Å². The molecule has 0 amide bonds. The van der Waals surface area contributed by atoms with Gasteiger partial charge in [0.15, 0.2) is 6.29 Å². The number of carbonyl (C=O) groups is 1. The topological polar surface area (TPSA) is 60.4 Å². The molecule has 2 aromatic carbocycles. The average Bonchev–Trinajstić information content (AvgIpc) is 2.38. The van der Waals surface area contributed by atoms with Gasteiger partial charge in [-0.15, -0.1) is 0 Å². The van der Waals surface area contributed by atoms with Crippen molar-refractivity contribution in [2.75, 3.05) is 0 Å². The molecule has 0 saturated heterocycles. The first kappa shape index (κ1) is 13.6. The number of hydrogen-bond acceptors (Lipinski definition) is 4. The molecule has 6 heteroatoms. The van der Waals surface area contributed by atoms with E-state index in [0.29, 0.717) is 6.29 Å². The van der Waals surface area contributed by atoms with Crippen molar-refractivity contribution >= 4 is 28.0 Å². The van der Waals surface area contributed by atoms with Crippen LogP contribution in [-0.2, 0) is 10.1 Å². The molecule has 98 valence electrons. The van der Waals surface area contributed by atoms with E-state index in [0.717, 1.165) is 0 Å². The summed E-state index contributed by atoms with van der Waals surface area (Å²) in [6, 6.07) is 11.9. The van der Waals surface area contributed by atoms with Crippen LogP contribution in [0.3, 0.4) is 0 Å². The van der Waals surface area contributed by atoms with Gasteiger partial charge in [-0.1, -0.05) is 29.8 Å². The molecule has 0 radical (unpaired) electrons. The number of halogens is 1. The molecule has 0 spiro atoms. The number of aldehydes is 1. The lowest BCUT2D eigenvalue weighted by Crippen LogP contribution is -2.12. The molecule has 0 aliphatic heterocycles. The molecule has 0 aliphatic rings. The third-order valence-corrected chi connectivity index (χ3v) is 3.87. The maximum atomic E-state index is 12.1. The summed E-state index contributed by atoms with van der Waals surface area (Å²) in [6.07, 6.45) is 0.424. The predicted octanol–water partition coefficient (Wildman–Crippen LogP) is 2.92. The standard InChI is InChI=1S/C13H9ClO4S/c14-11-6-7-13(10(8-11)9-15)19(16,17)18-12-4-2-1-3-5-12/h1-9H. The second kappa shape index (κ2) is 5.42. The normalized spacial score (nSPS) is 11.0. The van der Waals surface area contributed by atoms with E-state index in [4.69, 9.17) is 15.8 Å². The molecular weight excluding hydrogens is 288 g/mol. The van der Waals surface area contributed by atoms with Gasteiger partial charge in [0.1, 0.15) is 10.6 Å². The van der Waals surface area contributed by atoms with Crippen molar-refractivity contribution in [1.29, 1.82) is 0 Å². The Labute approximate surface area is 115 Å². The van der Waals surface area contributed by atoms with Gasteiger partial charge < -0.3 is 4.18 Å². The molecule has 2 aromatic rings. The first-order chi connectivity index (χ1) is 9.03. The van der Waals surface area contributed by atoms with Gasteiger partial charge in [-0.05, 0) is 30.3 Å². The predicted molar refractivity (Wildman–Crippen MR) is 71.1 cm³/mol. The molecule has 0 N–H and O–H groups in total. The van der Waals surface area contributed by atoms with Crippen molar-refractivity contribution in [1.82, 2.24) is 0 Å². The van der Waals surface area contributed by atoms with Crippen LogP contribution in [-0.4, -0.2) is 14.7 Å². The molecule has 0 unspecified atom stereocenters. The molecule has 0 atom stereocenters. The minimum atomic E-state index is -4.06. The van der Waals surface area contributed by atoms with Crippen LogP contribution in [0.15, 0.2) is 53.4 Å². The van der Waals surface area contributed by atoms with Gasteiger partial charge >= 0.3 is 10.1 Å². The summed E-state index contributed by atoms with van der Waals surface area (Å²) in [7, 11) is -4.06. The van der Waals surface area contributed by atoms with Crippen LogP contribution >= 0.6 is 11.6 Å². The zero-order valence-electron chi connectivity index (χ0n) is 9.62. The van der Waals surface area contributed by atoms with Gasteiger partial charge in [0.05, 0.1) is 0 Å². The van der Waals surface area contributed by atoms with Gasteiger partial charge in [-0.3, -0.25) is 4.79 Å². The number of benzene rings is 2. The zero-order valence-corrected chi connectivity index (χ0v) is 11.2. The third kappa shape index (κ3) is 3.13. The van der Waals surface area contributed by atoms with E-state index in [1.807, 2.05) is 0 Å². The molecule has 0 aliphatic carbocycles. The van der Waals surface area contributed by atoms with Crippen LogP contribution < -0.4 is 4.18 Å². The van der Waals surface area contributed by atoms with E-state index < -0.39 is 10.1 Å². The fourth-order valence-electron chi connectivity index (χ4n) is 1.49. The number of carbonyl (C=O) groups excluding carboxylic acids is 1. The fraction of sp³-hybridized carbons (Fsp3) is 0. The highest BCUT2D eigenvalue weighted by atomic mass is 35.5. The van der Waals surface area contributed by atoms with E-state index in [1.165, 1.54) is 30.3 Å². The summed E-state index contributed by atoms with van der Waals surface area (Å²) >= 11 is 5.71. The lowest BCUT2D eigenvalue weighted by Gasteiger charge is -2.08. The highest BCUT2D eigenvalue weighted by Gasteiger charge is 2.20. The van der Waals surface area contributed by atoms with Crippen molar-refractivity contribution < 1.29 is 17.4 Å². The molecule has 0 aromatic heterocycles. The molecule has 0 saturated carbocycles. The average molecular weight is 297 g/mol. The molecule has 19 heavy (non-hydrogen) atoms. The Hall–Kier alpha value is -1.85. The SMILES string of the molecule is O=Cc1cc(Cl)ccc1S(=O)(=O)Oc1ccccc1. The first-order valence-electron chi connectivity index (χ1n) is 5.27. The van der Waals surface area contributed by atoms with Crippen LogP contribution in [0.4, 0.5) is 0 Å². The third-order valence-electron chi connectivity index (χ3n) is 2.32. The Morgan fingerprint density at radius 2 is 1.74 bits per heavy atom. The van der Waals surface area contributed by atoms with Gasteiger partial charge in [0.25, 0.3) is 0 Å². The van der Waals surface area contributed by atoms with E-state index in [2.05, 4.69) is 0 Å². The van der Waals surface area contributed by atoms with Gasteiger partial charge in [-0.25, -0.2) is 0 Å². The largest absolute Gasteiger partial charge is 0.379 e. The summed E-state index contributed by atoms with van der Waals surface area (Å²) in [5.41, 5.74) is -0.0385. The first-order valence-corrected chi connectivity index (χ1v) is 7.06. The minimum Gasteiger partial charge on any atom is -0.379 e. The summed E-state index contributed by atoms with van der Waals surface area (Å²) < 4.78 is 29.1. The lowest BCUT2D eigenvalue weighted by molar-refractivity contribution is 0.112. The number of rotatable bonds is 4. The summed E-state index contributed by atoms with van der Waals surface area (Å²) in [4.78, 5) is 10.7. The van der Waals surface area contributed by atoms with Crippen LogP contribution in [0.2, 0.25) is 5.02 Å². The van der Waals surface area contributed by atoms with Gasteiger partial charge in [0, 0.05) is 10.6 Å². The molecule has 4 nitrogen and oxygen atoms in total. The highest BCUT2D eigenvalue weighted by molar-refractivity contribution is 7.87. The Balaban J connectivity index is 2.43. The van der Waals surface area contributed by atoms with Crippen LogP contribution in [0.1, 0.15) is 10.4 Å². The van der Waals surface area contributed by atoms with Crippen molar-refractivity contribution in [2.24, 2.45) is 0 Å². The summed E-state index contributed by atoms with van der Waals surface area (Å²) in [5.74, 6) is 0.175. The second-order valence-electron chi connectivity index (χ2n) is 3.65. The van der Waals surface area contributed by atoms with E-state index in [9.17, 15) is 13.2 Å². The highest BCUT2D eigenvalue weighted by Crippen LogP contribution is 2.23. The fourth-order valence-corrected chi connectivity index (χ4v) is 2.75. The summed E-state index contributed by atoms with van der Waals surface area (Å²) in [6.45, 7) is 0. The Morgan fingerprint density at radius 3 is 2.37 bits per heavy atom. The minimum absolute atomic E-state index is 0.0385. The van der Waals surface area contributed by atoms with E-state index in [1.54, 1.807) is 18.2 Å². The quantitative estimate of drug-likeness (QED) is 0.643. The molecule has 2 rings (SSSR count). The van der Waals surface area contributed by atoms with Crippen molar-refractivity contribution in [3.05, 3.63) is 59.1 Å². The van der Waals surface area contributed by atoms with Crippen molar-refractivity contribution in [3.63, 3.8) is 0 Å². The maximum Gasteiger partial charge on any atom is 0.339 e. The second-order valence-corrected chi connectivity index (χ2v) is 5.60. The molecule has 0 heterocycles. The number of hydrogen-bond donors (Lipinski definition) is 0. The van der Waals surface area contributed by atoms with Crippen LogP contribution in [0.5, 0.6) is 5.75 Å². The van der Waals surface area contributed by atoms with Crippen molar-refractivity contribution in [3.8, 4) is 5.75 Å². The monoisotopic (exact) mass is 296 g/mol. The van der Waals surface area contributed by atoms with Crippen LogP contribution in [0, 0.1) is 0 Å². The van der Waals surface area contributed by atoms with E-state index >= 15 is 0 Å². The molecule has 0 bridgehead atoms. The summed E-state index contributed by atoms with van der Waals surface area (Å²) in [5, 5.41) is 0.278. The Bertz CT molecular complexity index is 696. The smallest absolute Gasteiger partial charge is 0.339 e. The number of para-hydroxylation sites is 1. The molecular formula is C13H9ClO4S. The molecule has 0 fully saturated rings. The maximum absolute atomic E-state index is 12.1. The van der Waals surface area contributed by atoms with Crippen LogP contribution in [0.25, 0.3) is 0 Å². The van der Waals surface area contributed by atoms with Gasteiger partial charge in [-0.2, -0.15) is 8.42 Å². The van der Waals surface area contributed by atoms with E-state index in [-0.39, 0.29) is 21.2 Å². The Morgan fingerprint density at radius 1 is 1.05 bits per heavy atom. The zero-order chi connectivity index (χ0) is 13.9. The lowest BCUT2D eigenvalue weighted by atomic mass is 10.2. The Kier molecular flexibility index (Phi) is 3.87.